The van der Waals surface area contributed by atoms with Crippen LogP contribution in [0, 0.1) is 13.8 Å². The minimum absolute atomic E-state index is 0.731. The van der Waals surface area contributed by atoms with Crippen LogP contribution >= 0.6 is 15.9 Å². The van der Waals surface area contributed by atoms with Crippen LogP contribution in [0.1, 0.15) is 30.0 Å². The molecule has 0 aliphatic rings. The van der Waals surface area contributed by atoms with E-state index >= 15 is 0 Å². The zero-order valence-corrected chi connectivity index (χ0v) is 14.3. The second-order valence-corrected chi connectivity index (χ2v) is 5.94. The lowest BCUT2D eigenvalue weighted by molar-refractivity contribution is 0.315. The molecule has 0 atom stereocenters. The Balaban J connectivity index is 2.15. The summed E-state index contributed by atoms with van der Waals surface area (Å²) in [5, 5.41) is 0. The van der Waals surface area contributed by atoms with Crippen molar-refractivity contribution in [1.29, 1.82) is 0 Å². The van der Waals surface area contributed by atoms with E-state index in [4.69, 9.17) is 4.74 Å². The molecule has 2 aromatic carbocycles. The van der Waals surface area contributed by atoms with Gasteiger partial charge in [-0.15, -0.1) is 0 Å². The molecule has 0 fully saturated rings. The largest absolute Gasteiger partial charge is 0.492 e. The highest BCUT2D eigenvalue weighted by atomic mass is 79.9. The fraction of sp³-hybridized carbons (Fsp3) is 0.278. The normalized spacial score (nSPS) is 11.0. The quantitative estimate of drug-likeness (QED) is 0.645. The molecule has 2 rings (SSSR count). The van der Waals surface area contributed by atoms with E-state index in [-0.39, 0.29) is 0 Å². The van der Waals surface area contributed by atoms with Gasteiger partial charge in [0.25, 0.3) is 0 Å². The highest BCUT2D eigenvalue weighted by Gasteiger charge is 2.01. The van der Waals surface area contributed by atoms with Crippen LogP contribution in [0.3, 0.4) is 0 Å². The first-order chi connectivity index (χ1) is 10.1. The van der Waals surface area contributed by atoms with Gasteiger partial charge in [0.15, 0.2) is 0 Å². The third-order valence-corrected chi connectivity index (χ3v) is 3.74. The summed E-state index contributed by atoms with van der Waals surface area (Å²) in [6.45, 7) is 7.00. The Morgan fingerprint density at radius 1 is 1.14 bits per heavy atom. The van der Waals surface area contributed by atoms with E-state index in [1.165, 1.54) is 11.1 Å². The number of benzene rings is 2. The second-order valence-electron chi connectivity index (χ2n) is 5.09. The fourth-order valence-corrected chi connectivity index (χ4v) is 2.53. The van der Waals surface area contributed by atoms with Gasteiger partial charge in [0.05, 0.1) is 16.8 Å². The summed E-state index contributed by atoms with van der Waals surface area (Å²) >= 11 is 3.54. The summed E-state index contributed by atoms with van der Waals surface area (Å²) in [7, 11) is 0. The van der Waals surface area contributed by atoms with E-state index in [9.17, 15) is 0 Å². The van der Waals surface area contributed by atoms with Gasteiger partial charge in [-0.2, -0.15) is 0 Å². The number of ether oxygens (including phenoxy) is 1. The smallest absolute Gasteiger partial charge is 0.133 e. The third-order valence-electron chi connectivity index (χ3n) is 3.12. The van der Waals surface area contributed by atoms with Gasteiger partial charge in [0.1, 0.15) is 5.75 Å². The predicted molar refractivity (Wildman–Crippen MR) is 93.1 cm³/mol. The zero-order valence-electron chi connectivity index (χ0n) is 12.7. The van der Waals surface area contributed by atoms with Crippen LogP contribution < -0.4 is 4.74 Å². The van der Waals surface area contributed by atoms with Gasteiger partial charge in [0, 0.05) is 6.21 Å². The Kier molecular flexibility index (Phi) is 5.57. The lowest BCUT2D eigenvalue weighted by Crippen LogP contribution is -1.96. The standard InChI is InChI=1S/C18H20BrNO/c1-4-9-21-18-8-6-15(11-16(18)19)12-20-17-7-5-13(2)10-14(17)3/h5-8,10-12H,4,9H2,1-3H3. The van der Waals surface area contributed by atoms with Crippen LogP contribution in [0.2, 0.25) is 0 Å². The molecule has 21 heavy (non-hydrogen) atoms. The highest BCUT2D eigenvalue weighted by molar-refractivity contribution is 9.10. The number of aliphatic imine (C=N–C) groups is 1. The molecule has 2 aromatic rings. The first-order valence-electron chi connectivity index (χ1n) is 7.14. The molecule has 0 saturated carbocycles. The van der Waals surface area contributed by atoms with Crippen LogP contribution in [0.5, 0.6) is 5.75 Å². The van der Waals surface area contributed by atoms with E-state index in [1.807, 2.05) is 24.4 Å². The Morgan fingerprint density at radius 3 is 2.62 bits per heavy atom. The molecule has 3 heteroatoms. The third kappa shape index (κ3) is 4.43. The SMILES string of the molecule is CCCOc1ccc(C=Nc2ccc(C)cc2C)cc1Br. The van der Waals surface area contributed by atoms with Gasteiger partial charge in [-0.05, 0) is 71.6 Å². The Bertz CT molecular complexity index is 650. The summed E-state index contributed by atoms with van der Waals surface area (Å²) in [6.07, 6.45) is 2.88. The minimum atomic E-state index is 0.731. The maximum Gasteiger partial charge on any atom is 0.133 e. The maximum absolute atomic E-state index is 5.64. The maximum atomic E-state index is 5.64. The van der Waals surface area contributed by atoms with Crippen molar-refractivity contribution in [3.8, 4) is 5.75 Å². The highest BCUT2D eigenvalue weighted by Crippen LogP contribution is 2.26. The van der Waals surface area contributed by atoms with Crippen molar-refractivity contribution in [2.75, 3.05) is 6.61 Å². The minimum Gasteiger partial charge on any atom is -0.492 e. The van der Waals surface area contributed by atoms with Crippen molar-refractivity contribution in [3.05, 3.63) is 57.6 Å². The molecule has 0 aliphatic carbocycles. The van der Waals surface area contributed by atoms with Crippen LogP contribution in [0.15, 0.2) is 45.9 Å². The van der Waals surface area contributed by atoms with E-state index in [0.717, 1.165) is 34.5 Å². The summed E-state index contributed by atoms with van der Waals surface area (Å²) < 4.78 is 6.60. The Labute approximate surface area is 135 Å². The number of nitrogens with zero attached hydrogens (tertiary/aromatic N) is 1. The molecule has 0 aromatic heterocycles. The van der Waals surface area contributed by atoms with E-state index < -0.39 is 0 Å². The van der Waals surface area contributed by atoms with Crippen LogP contribution in [-0.2, 0) is 0 Å². The summed E-state index contributed by atoms with van der Waals surface area (Å²) in [6, 6.07) is 12.3. The van der Waals surface area contributed by atoms with Crippen molar-refractivity contribution in [3.63, 3.8) is 0 Å². The van der Waals surface area contributed by atoms with Gasteiger partial charge < -0.3 is 4.74 Å². The number of rotatable bonds is 5. The molecule has 0 radical (unpaired) electrons. The zero-order chi connectivity index (χ0) is 15.2. The van der Waals surface area contributed by atoms with Crippen molar-refractivity contribution >= 4 is 27.8 Å². The van der Waals surface area contributed by atoms with Gasteiger partial charge >= 0.3 is 0 Å². The van der Waals surface area contributed by atoms with Gasteiger partial charge in [-0.25, -0.2) is 0 Å². The van der Waals surface area contributed by atoms with Gasteiger partial charge in [0.2, 0.25) is 0 Å². The summed E-state index contributed by atoms with van der Waals surface area (Å²) in [5.41, 5.74) is 4.49. The van der Waals surface area contributed by atoms with Crippen molar-refractivity contribution in [1.82, 2.24) is 0 Å². The van der Waals surface area contributed by atoms with Gasteiger partial charge in [-0.3, -0.25) is 4.99 Å². The summed E-state index contributed by atoms with van der Waals surface area (Å²) in [5.74, 6) is 0.875. The molecule has 0 aliphatic heterocycles. The first-order valence-corrected chi connectivity index (χ1v) is 7.93. The van der Waals surface area contributed by atoms with Crippen LogP contribution in [0.4, 0.5) is 5.69 Å². The average molecular weight is 346 g/mol. The predicted octanol–water partition coefficient (Wildman–Crippen LogP) is 5.61. The number of hydrogen-bond donors (Lipinski definition) is 0. The fourth-order valence-electron chi connectivity index (χ4n) is 2.02. The van der Waals surface area contributed by atoms with E-state index in [1.54, 1.807) is 0 Å². The van der Waals surface area contributed by atoms with Crippen molar-refractivity contribution in [2.24, 2.45) is 4.99 Å². The molecule has 0 spiro atoms. The number of hydrogen-bond acceptors (Lipinski definition) is 2. The van der Waals surface area contributed by atoms with Crippen molar-refractivity contribution < 1.29 is 4.74 Å². The molecule has 0 amide bonds. The molecule has 110 valence electrons. The summed E-state index contributed by atoms with van der Waals surface area (Å²) in [4.78, 5) is 4.56. The van der Waals surface area contributed by atoms with E-state index in [0.29, 0.717) is 0 Å². The number of halogens is 1. The van der Waals surface area contributed by atoms with E-state index in [2.05, 4.69) is 59.9 Å². The molecule has 0 saturated heterocycles. The molecule has 0 heterocycles. The topological polar surface area (TPSA) is 21.6 Å². The Hall–Kier alpha value is -1.61. The molecule has 0 N–H and O–H groups in total. The molecular formula is C18H20BrNO. The molecule has 0 unspecified atom stereocenters. The lowest BCUT2D eigenvalue weighted by Gasteiger charge is -2.07. The molecule has 2 nitrogen and oxygen atoms in total. The average Bonchev–Trinajstić information content (AvgIpc) is 2.45. The first kappa shape index (κ1) is 15.8. The van der Waals surface area contributed by atoms with Gasteiger partial charge in [-0.1, -0.05) is 24.6 Å². The molecule has 0 bridgehead atoms. The lowest BCUT2D eigenvalue weighted by atomic mass is 10.1. The number of aryl methyl sites for hydroxylation is 2. The van der Waals surface area contributed by atoms with Crippen LogP contribution in [-0.4, -0.2) is 12.8 Å². The second kappa shape index (κ2) is 7.41. The van der Waals surface area contributed by atoms with Crippen molar-refractivity contribution in [2.45, 2.75) is 27.2 Å². The molecular weight excluding hydrogens is 326 g/mol. The monoisotopic (exact) mass is 345 g/mol. The van der Waals surface area contributed by atoms with Crippen LogP contribution in [0.25, 0.3) is 0 Å². The Morgan fingerprint density at radius 2 is 1.95 bits per heavy atom.